The molecule has 1 aromatic carbocycles. The van der Waals surface area contributed by atoms with Crippen LogP contribution < -0.4 is 16.4 Å². The van der Waals surface area contributed by atoms with Crippen molar-refractivity contribution < 1.29 is 9.53 Å². The lowest BCUT2D eigenvalue weighted by atomic mass is 9.90. The third-order valence-corrected chi connectivity index (χ3v) is 6.96. The number of hydrogen-bond donors (Lipinski definition) is 3. The highest BCUT2D eigenvalue weighted by Crippen LogP contribution is 2.29. The number of halogens is 1. The Labute approximate surface area is 206 Å². The maximum absolute atomic E-state index is 13.1. The summed E-state index contributed by atoms with van der Waals surface area (Å²) in [5.74, 6) is 1.04. The Kier molecular flexibility index (Phi) is 8.56. The monoisotopic (exact) mass is 486 g/mol. The molecule has 2 aromatic rings. The number of ether oxygens (including phenoxy) is 1. The lowest BCUT2D eigenvalue weighted by Gasteiger charge is -2.30. The highest BCUT2D eigenvalue weighted by atomic mass is 35.5. The van der Waals surface area contributed by atoms with Gasteiger partial charge in [-0.05, 0) is 43.9 Å². The first-order valence-electron chi connectivity index (χ1n) is 12.4. The molecule has 2 fully saturated rings. The van der Waals surface area contributed by atoms with Gasteiger partial charge in [0.25, 0.3) is 5.91 Å². The Morgan fingerprint density at radius 1 is 1.12 bits per heavy atom. The first-order valence-corrected chi connectivity index (χ1v) is 12.8. The molecule has 2 saturated carbocycles. The molecule has 2 aliphatic carbocycles. The van der Waals surface area contributed by atoms with Gasteiger partial charge in [-0.25, -0.2) is 9.97 Å². The number of carbonyl (C=O) groups is 1. The van der Waals surface area contributed by atoms with E-state index in [1.807, 2.05) is 12.1 Å². The number of nitrogens with two attached hydrogens (primary N) is 1. The third-order valence-electron chi connectivity index (χ3n) is 6.73. The summed E-state index contributed by atoms with van der Waals surface area (Å²) >= 11 is 6.30. The number of methoxy groups -OCH3 is 1. The molecule has 1 heterocycles. The van der Waals surface area contributed by atoms with Gasteiger partial charge in [0.2, 0.25) is 5.82 Å². The van der Waals surface area contributed by atoms with Crippen molar-refractivity contribution in [3.8, 4) is 0 Å². The van der Waals surface area contributed by atoms with Crippen LogP contribution in [0.5, 0.6) is 0 Å². The Bertz CT molecular complexity index is 1020. The Hall–Kier alpha value is -2.45. The van der Waals surface area contributed by atoms with Crippen LogP contribution in [0.1, 0.15) is 74.8 Å². The zero-order chi connectivity index (χ0) is 23.9. The molecule has 2 aliphatic rings. The van der Waals surface area contributed by atoms with Crippen molar-refractivity contribution in [2.24, 2.45) is 10.7 Å². The fourth-order valence-electron chi connectivity index (χ4n) is 4.99. The van der Waals surface area contributed by atoms with E-state index in [0.29, 0.717) is 28.8 Å². The van der Waals surface area contributed by atoms with Crippen molar-refractivity contribution in [2.75, 3.05) is 19.0 Å². The molecule has 0 unspecified atom stereocenters. The second-order valence-corrected chi connectivity index (χ2v) is 9.81. The zero-order valence-corrected chi connectivity index (χ0v) is 20.6. The van der Waals surface area contributed by atoms with Gasteiger partial charge in [0, 0.05) is 29.6 Å². The number of nitrogens with zero attached hydrogens (tertiary/aromatic N) is 3. The van der Waals surface area contributed by atoms with Crippen LogP contribution in [-0.4, -0.2) is 53.6 Å². The highest BCUT2D eigenvalue weighted by molar-refractivity contribution is 6.31. The number of fused-ring (bicyclic) bond motifs is 1. The van der Waals surface area contributed by atoms with Crippen molar-refractivity contribution in [3.05, 3.63) is 29.0 Å². The maximum Gasteiger partial charge on any atom is 0.289 e. The number of benzene rings is 1. The molecule has 1 aromatic heterocycles. The number of amides is 1. The van der Waals surface area contributed by atoms with Crippen LogP contribution in [-0.2, 0) is 4.74 Å². The van der Waals surface area contributed by atoms with Crippen molar-refractivity contribution in [3.63, 3.8) is 0 Å². The summed E-state index contributed by atoms with van der Waals surface area (Å²) in [5.41, 5.74) is 6.73. The molecule has 0 spiro atoms. The predicted octanol–water partition coefficient (Wildman–Crippen LogP) is 4.46. The molecule has 4 rings (SSSR count). The van der Waals surface area contributed by atoms with Gasteiger partial charge in [0.15, 0.2) is 0 Å². The second-order valence-electron chi connectivity index (χ2n) is 9.38. The number of amidine groups is 1. The van der Waals surface area contributed by atoms with Gasteiger partial charge in [-0.1, -0.05) is 50.1 Å². The average Bonchev–Trinajstić information content (AvgIpc) is 3.09. The Morgan fingerprint density at radius 3 is 2.62 bits per heavy atom. The molecule has 2 atom stereocenters. The van der Waals surface area contributed by atoms with Crippen LogP contribution in [0, 0.1) is 0 Å². The molecular formula is C25H35ClN6O2. The SMILES string of the molecule is COCC(N)=N[C@@H]1CCCC[C@@H]1Nc1nc(C(=O)NC2CCCCCC2)nc2ccc(Cl)cc12. The second kappa shape index (κ2) is 11.8. The van der Waals surface area contributed by atoms with Gasteiger partial charge < -0.3 is 21.1 Å². The lowest BCUT2D eigenvalue weighted by Crippen LogP contribution is -2.38. The summed E-state index contributed by atoms with van der Waals surface area (Å²) in [6.45, 7) is 0.306. The van der Waals surface area contributed by atoms with E-state index >= 15 is 0 Å². The number of aromatic nitrogens is 2. The molecule has 0 bridgehead atoms. The van der Waals surface area contributed by atoms with Gasteiger partial charge >= 0.3 is 0 Å². The lowest BCUT2D eigenvalue weighted by molar-refractivity contribution is 0.0923. The summed E-state index contributed by atoms with van der Waals surface area (Å²) in [4.78, 5) is 27.1. The highest BCUT2D eigenvalue weighted by Gasteiger charge is 2.27. The number of carbonyl (C=O) groups excluding carboxylic acids is 1. The topological polar surface area (TPSA) is 115 Å². The van der Waals surface area contributed by atoms with E-state index in [-0.39, 0.29) is 29.9 Å². The van der Waals surface area contributed by atoms with E-state index in [1.54, 1.807) is 13.2 Å². The Balaban J connectivity index is 1.61. The molecule has 0 aliphatic heterocycles. The fourth-order valence-corrected chi connectivity index (χ4v) is 5.17. The molecule has 184 valence electrons. The first kappa shape index (κ1) is 24.7. The minimum atomic E-state index is -0.227. The molecule has 1 amide bonds. The van der Waals surface area contributed by atoms with Gasteiger partial charge in [-0.2, -0.15) is 0 Å². The fraction of sp³-hybridized carbons (Fsp3) is 0.600. The van der Waals surface area contributed by atoms with Crippen LogP contribution in [0.3, 0.4) is 0 Å². The zero-order valence-electron chi connectivity index (χ0n) is 19.9. The molecule has 4 N–H and O–H groups in total. The van der Waals surface area contributed by atoms with Gasteiger partial charge in [0.05, 0.1) is 11.6 Å². The van der Waals surface area contributed by atoms with E-state index in [9.17, 15) is 4.79 Å². The van der Waals surface area contributed by atoms with E-state index in [4.69, 9.17) is 27.1 Å². The normalized spacial score (nSPS) is 22.4. The van der Waals surface area contributed by atoms with Gasteiger partial charge in [0.1, 0.15) is 18.3 Å². The standard InChI is InChI=1S/C25H35ClN6O2/c1-34-15-22(27)29-20-10-6-7-11-21(20)31-23-18-14-16(26)12-13-19(18)30-24(32-23)25(33)28-17-8-4-2-3-5-9-17/h12-14,17,20-21H,2-11,15H2,1H3,(H2,27,29)(H,28,33)(H,30,31,32)/t20-,21+/m1/s1. The summed E-state index contributed by atoms with van der Waals surface area (Å²) in [6.07, 6.45) is 10.8. The largest absolute Gasteiger partial charge is 0.386 e. The minimum Gasteiger partial charge on any atom is -0.386 e. The van der Waals surface area contributed by atoms with E-state index < -0.39 is 0 Å². The number of hydrogen-bond acceptors (Lipinski definition) is 6. The third kappa shape index (κ3) is 6.36. The number of nitrogens with one attached hydrogen (secondary N) is 2. The van der Waals surface area contributed by atoms with E-state index in [0.717, 1.165) is 56.8 Å². The van der Waals surface area contributed by atoms with Crippen LogP contribution in [0.25, 0.3) is 10.9 Å². The van der Waals surface area contributed by atoms with Crippen molar-refractivity contribution in [1.82, 2.24) is 15.3 Å². The molecule has 9 heteroatoms. The number of aliphatic imine (C=N–C) groups is 1. The van der Waals surface area contributed by atoms with E-state index in [2.05, 4.69) is 20.6 Å². The van der Waals surface area contributed by atoms with Gasteiger partial charge in [-0.3, -0.25) is 9.79 Å². The average molecular weight is 487 g/mol. The first-order chi connectivity index (χ1) is 16.5. The number of rotatable bonds is 7. The van der Waals surface area contributed by atoms with Crippen LogP contribution in [0.15, 0.2) is 23.2 Å². The van der Waals surface area contributed by atoms with Crippen molar-refractivity contribution >= 4 is 40.1 Å². The molecule has 8 nitrogen and oxygen atoms in total. The predicted molar refractivity (Wildman–Crippen MR) is 137 cm³/mol. The quantitative estimate of drug-likeness (QED) is 0.302. The molecular weight excluding hydrogens is 452 g/mol. The molecule has 34 heavy (non-hydrogen) atoms. The molecule has 0 radical (unpaired) electrons. The summed E-state index contributed by atoms with van der Waals surface area (Å²) in [7, 11) is 1.61. The van der Waals surface area contributed by atoms with Crippen LogP contribution >= 0.6 is 11.6 Å². The summed E-state index contributed by atoms with van der Waals surface area (Å²) < 4.78 is 5.13. The summed E-state index contributed by atoms with van der Waals surface area (Å²) in [5, 5.41) is 8.11. The van der Waals surface area contributed by atoms with Gasteiger partial charge in [-0.15, -0.1) is 0 Å². The van der Waals surface area contributed by atoms with Crippen molar-refractivity contribution in [2.45, 2.75) is 82.3 Å². The smallest absolute Gasteiger partial charge is 0.289 e. The number of anilines is 1. The van der Waals surface area contributed by atoms with Crippen LogP contribution in [0.4, 0.5) is 5.82 Å². The van der Waals surface area contributed by atoms with E-state index in [1.165, 1.54) is 12.8 Å². The summed E-state index contributed by atoms with van der Waals surface area (Å²) in [6, 6.07) is 5.69. The molecule has 0 saturated heterocycles. The minimum absolute atomic E-state index is 0.0105. The maximum atomic E-state index is 13.1. The van der Waals surface area contributed by atoms with Crippen molar-refractivity contribution in [1.29, 1.82) is 0 Å². The van der Waals surface area contributed by atoms with Crippen LogP contribution in [0.2, 0.25) is 5.02 Å². The Morgan fingerprint density at radius 2 is 1.85 bits per heavy atom.